The summed E-state index contributed by atoms with van der Waals surface area (Å²) in [6.45, 7) is 0.0133. The van der Waals surface area contributed by atoms with Crippen LogP contribution in [0.5, 0.6) is 0 Å². The maximum atomic E-state index is 14.2. The monoisotopic (exact) mass is 589 g/mol. The molecule has 0 radical (unpaired) electrons. The van der Waals surface area contributed by atoms with E-state index >= 15 is 0 Å². The van der Waals surface area contributed by atoms with Gasteiger partial charge in [-0.1, -0.05) is 67.6 Å². The maximum absolute atomic E-state index is 14.2. The molecule has 2 aliphatic carbocycles. The second-order valence-electron chi connectivity index (χ2n) is 12.2. The number of aliphatic hydroxyl groups is 1. The second-order valence-corrected chi connectivity index (χ2v) is 12.2. The first-order valence-electron chi connectivity index (χ1n) is 15.1. The first-order chi connectivity index (χ1) is 20.7. The number of carbonyl (C=O) groups is 4. The van der Waals surface area contributed by atoms with Gasteiger partial charge in [-0.05, 0) is 66.5 Å². The smallest absolute Gasteiger partial charge is 0.251 e. The Labute approximate surface area is 250 Å². The predicted molar refractivity (Wildman–Crippen MR) is 159 cm³/mol. The molecule has 4 amide bonds. The topological polar surface area (TPSA) is 191 Å². The maximum Gasteiger partial charge on any atom is 0.251 e. The average Bonchev–Trinajstić information content (AvgIpc) is 3.42. The number of fused-ring (bicyclic) bond motifs is 1. The van der Waals surface area contributed by atoms with Gasteiger partial charge in [0.05, 0.1) is 11.6 Å². The number of primary amides is 1. The van der Waals surface area contributed by atoms with Crippen molar-refractivity contribution in [3.8, 4) is 0 Å². The normalized spacial score (nSPS) is 23.0. The third-order valence-electron chi connectivity index (χ3n) is 9.40. The Morgan fingerprint density at radius 3 is 2.44 bits per heavy atom. The molecule has 2 unspecified atom stereocenters. The van der Waals surface area contributed by atoms with E-state index in [0.717, 1.165) is 42.9 Å². The van der Waals surface area contributed by atoms with Gasteiger partial charge in [-0.2, -0.15) is 0 Å². The highest BCUT2D eigenvalue weighted by Gasteiger charge is 2.50. The van der Waals surface area contributed by atoms with Crippen molar-refractivity contribution in [2.75, 3.05) is 6.54 Å². The van der Waals surface area contributed by atoms with Crippen molar-refractivity contribution < 1.29 is 24.3 Å². The fourth-order valence-corrected chi connectivity index (χ4v) is 6.84. The van der Waals surface area contributed by atoms with Gasteiger partial charge >= 0.3 is 0 Å². The van der Waals surface area contributed by atoms with Crippen LogP contribution < -0.4 is 16.4 Å². The Hall–Kier alpha value is -4.15. The van der Waals surface area contributed by atoms with Crippen LogP contribution >= 0.6 is 0 Å². The van der Waals surface area contributed by atoms with Crippen LogP contribution in [0, 0.1) is 5.92 Å². The lowest BCUT2D eigenvalue weighted by Gasteiger charge is -2.45. The van der Waals surface area contributed by atoms with E-state index in [0.29, 0.717) is 31.2 Å². The zero-order valence-electron chi connectivity index (χ0n) is 24.2. The summed E-state index contributed by atoms with van der Waals surface area (Å²) in [6.07, 6.45) is 5.55. The van der Waals surface area contributed by atoms with Gasteiger partial charge in [0, 0.05) is 17.0 Å². The Morgan fingerprint density at radius 1 is 1.07 bits per heavy atom. The molecule has 3 aliphatic rings. The highest BCUT2D eigenvalue weighted by atomic mass is 16.3. The van der Waals surface area contributed by atoms with Crippen LogP contribution in [-0.4, -0.2) is 69.9 Å². The Balaban J connectivity index is 1.39. The molecule has 43 heavy (non-hydrogen) atoms. The van der Waals surface area contributed by atoms with E-state index in [2.05, 4.69) is 20.7 Å². The second kappa shape index (κ2) is 13.0. The van der Waals surface area contributed by atoms with Crippen molar-refractivity contribution >= 4 is 34.4 Å². The van der Waals surface area contributed by atoms with E-state index in [1.165, 1.54) is 4.90 Å². The van der Waals surface area contributed by atoms with Crippen LogP contribution in [0.3, 0.4) is 0 Å². The molecule has 12 heteroatoms. The number of rotatable bonds is 10. The molecule has 3 fully saturated rings. The van der Waals surface area contributed by atoms with Crippen LogP contribution in [-0.2, 0) is 14.4 Å². The first kappa shape index (κ1) is 30.3. The molecule has 0 spiro atoms. The third kappa shape index (κ3) is 6.60. The number of hydrogen-bond acceptors (Lipinski definition) is 6. The molecule has 228 valence electrons. The third-order valence-corrected chi connectivity index (χ3v) is 9.40. The van der Waals surface area contributed by atoms with Crippen molar-refractivity contribution in [3.63, 3.8) is 0 Å². The quantitative estimate of drug-likeness (QED) is 0.188. The van der Waals surface area contributed by atoms with E-state index in [1.807, 2.05) is 30.3 Å². The fourth-order valence-electron chi connectivity index (χ4n) is 6.84. The largest absolute Gasteiger partial charge is 0.381 e. The van der Waals surface area contributed by atoms with E-state index in [-0.39, 0.29) is 24.8 Å². The average molecular weight is 590 g/mol. The zero-order chi connectivity index (χ0) is 30.6. The van der Waals surface area contributed by atoms with Crippen molar-refractivity contribution in [1.82, 2.24) is 15.5 Å². The first-order valence-corrected chi connectivity index (χ1v) is 15.1. The summed E-state index contributed by atoms with van der Waals surface area (Å²) < 4.78 is 0. The Kier molecular flexibility index (Phi) is 9.17. The minimum atomic E-state index is -1.57. The number of nitrogens with two attached hydrogens (primary N) is 1. The molecule has 12 nitrogen and oxygen atoms in total. The fraction of sp³-hybridized carbons (Fsp3) is 0.548. The van der Waals surface area contributed by atoms with Gasteiger partial charge in [0.2, 0.25) is 17.7 Å². The molecule has 5 N–H and O–H groups in total. The highest BCUT2D eigenvalue weighted by molar-refractivity contribution is 6.01. The standard InChI is InChI=1S/C31H39N7O5/c32-27(40)26(39)31(13-6-14-31)35-29(42)25-17-23(36-37-33)18-38(25)30(43)24(15-19-7-2-1-3-8-19)34-28(41)22-12-11-20-9-4-5-10-21(20)16-22/h4-5,9-12,16,19,23-26,39H,1-3,6-8,13-15,17-18H2,(H2,32,40)(H,34,41)(H,35,42)/t23-,24?,25-,26?/m0/s1. The number of aliphatic hydroxyl groups excluding tert-OH is 1. The summed E-state index contributed by atoms with van der Waals surface area (Å²) in [4.78, 5) is 57.4. The van der Waals surface area contributed by atoms with Crippen molar-refractivity contribution in [2.24, 2.45) is 16.8 Å². The summed E-state index contributed by atoms with van der Waals surface area (Å²) in [5.41, 5.74) is 13.7. The molecule has 5 rings (SSSR count). The van der Waals surface area contributed by atoms with Crippen LogP contribution in [0.1, 0.15) is 74.6 Å². The van der Waals surface area contributed by atoms with Gasteiger partial charge in [0.25, 0.3) is 5.91 Å². The predicted octanol–water partition coefficient (Wildman–Crippen LogP) is 3.07. The summed E-state index contributed by atoms with van der Waals surface area (Å²) in [7, 11) is 0. The summed E-state index contributed by atoms with van der Waals surface area (Å²) >= 11 is 0. The van der Waals surface area contributed by atoms with E-state index < -0.39 is 47.5 Å². The number of nitrogens with one attached hydrogen (secondary N) is 2. The molecule has 0 bridgehead atoms. The molecule has 1 aliphatic heterocycles. The van der Waals surface area contributed by atoms with Crippen LogP contribution in [0.4, 0.5) is 0 Å². The lowest BCUT2D eigenvalue weighted by atomic mass is 9.72. The molecular formula is C31H39N7O5. The number of benzene rings is 2. The number of amides is 4. The van der Waals surface area contributed by atoms with E-state index in [9.17, 15) is 24.3 Å². The van der Waals surface area contributed by atoms with Gasteiger partial charge in [-0.25, -0.2) is 0 Å². The minimum Gasteiger partial charge on any atom is -0.381 e. The van der Waals surface area contributed by atoms with E-state index in [4.69, 9.17) is 11.3 Å². The lowest BCUT2D eigenvalue weighted by Crippen LogP contribution is -2.67. The number of carbonyl (C=O) groups excluding carboxylic acids is 4. The van der Waals surface area contributed by atoms with Gasteiger partial charge in [-0.15, -0.1) is 0 Å². The molecule has 1 saturated heterocycles. The van der Waals surface area contributed by atoms with Crippen LogP contribution in [0.15, 0.2) is 47.6 Å². The highest BCUT2D eigenvalue weighted by Crippen LogP contribution is 2.36. The van der Waals surface area contributed by atoms with Gasteiger partial charge < -0.3 is 26.4 Å². The van der Waals surface area contributed by atoms with Gasteiger partial charge in [-0.3, -0.25) is 19.2 Å². The summed E-state index contributed by atoms with van der Waals surface area (Å²) in [5, 5.41) is 21.9. The molecule has 2 aromatic rings. The van der Waals surface area contributed by atoms with Crippen LogP contribution in [0.25, 0.3) is 21.2 Å². The zero-order valence-corrected chi connectivity index (χ0v) is 24.2. The van der Waals surface area contributed by atoms with E-state index in [1.54, 1.807) is 12.1 Å². The van der Waals surface area contributed by atoms with Crippen molar-refractivity contribution in [2.45, 2.75) is 94.0 Å². The van der Waals surface area contributed by atoms with Crippen LogP contribution in [0.2, 0.25) is 0 Å². The molecule has 1 heterocycles. The summed E-state index contributed by atoms with van der Waals surface area (Å²) in [6, 6.07) is 10.5. The van der Waals surface area contributed by atoms with Gasteiger partial charge in [0.15, 0.2) is 6.10 Å². The number of azide groups is 1. The molecule has 2 aromatic carbocycles. The molecular weight excluding hydrogens is 550 g/mol. The van der Waals surface area contributed by atoms with Crippen molar-refractivity contribution in [3.05, 3.63) is 58.5 Å². The Bertz CT molecular complexity index is 1430. The molecule has 0 aromatic heterocycles. The Morgan fingerprint density at radius 2 is 1.79 bits per heavy atom. The van der Waals surface area contributed by atoms with Gasteiger partial charge in [0.1, 0.15) is 12.1 Å². The number of hydrogen-bond donors (Lipinski definition) is 4. The lowest BCUT2D eigenvalue weighted by molar-refractivity contribution is -0.144. The number of likely N-dealkylation sites (tertiary alicyclic amines) is 1. The summed E-state index contributed by atoms with van der Waals surface area (Å²) in [5.74, 6) is -2.05. The molecule has 2 saturated carbocycles. The molecule has 4 atom stereocenters. The number of nitrogens with zero attached hydrogens (tertiary/aromatic N) is 4. The minimum absolute atomic E-state index is 0.0133. The SMILES string of the molecule is [N-]=[N+]=N[C@H]1C[C@@H](C(=O)NC2(C(O)C(N)=O)CCC2)N(C(=O)C(CC2CCCCC2)NC(=O)c2ccc3ccccc3c2)C1. The van der Waals surface area contributed by atoms with Crippen molar-refractivity contribution in [1.29, 1.82) is 0 Å².